The van der Waals surface area contributed by atoms with Gasteiger partial charge in [-0.2, -0.15) is 0 Å². The molecule has 0 aliphatic carbocycles. The number of hydrogen-bond acceptors (Lipinski definition) is 3. The molecular formula is C18H26N2O3. The van der Waals surface area contributed by atoms with E-state index in [-0.39, 0.29) is 5.91 Å². The van der Waals surface area contributed by atoms with Crippen molar-refractivity contribution >= 4 is 12.0 Å². The summed E-state index contributed by atoms with van der Waals surface area (Å²) in [4.78, 5) is 26.8. The quantitative estimate of drug-likeness (QED) is 0.930. The van der Waals surface area contributed by atoms with Crippen LogP contribution in [-0.4, -0.2) is 35.6 Å². The molecule has 0 bridgehead atoms. The number of amides is 2. The molecule has 1 aliphatic rings. The number of nitrogens with zero attached hydrogens (tertiary/aromatic N) is 1. The monoisotopic (exact) mass is 318 g/mol. The van der Waals surface area contributed by atoms with Gasteiger partial charge >= 0.3 is 6.09 Å². The molecule has 1 aromatic rings. The van der Waals surface area contributed by atoms with Crippen LogP contribution < -0.4 is 5.32 Å². The van der Waals surface area contributed by atoms with Gasteiger partial charge in [0.05, 0.1) is 0 Å². The molecule has 0 spiro atoms. The first kappa shape index (κ1) is 17.3. The third-order valence-electron chi connectivity index (χ3n) is 3.71. The zero-order valence-electron chi connectivity index (χ0n) is 14.2. The Bertz CT molecular complexity index is 531. The maximum atomic E-state index is 12.9. The number of hydrogen-bond donors (Lipinski definition) is 1. The average Bonchev–Trinajstić information content (AvgIpc) is 2.52. The van der Waals surface area contributed by atoms with Crippen molar-refractivity contribution < 1.29 is 14.3 Å². The van der Waals surface area contributed by atoms with Crippen LogP contribution in [0.5, 0.6) is 0 Å². The van der Waals surface area contributed by atoms with E-state index >= 15 is 0 Å². The summed E-state index contributed by atoms with van der Waals surface area (Å²) < 4.78 is 5.31. The molecule has 0 aromatic heterocycles. The Hall–Kier alpha value is -2.04. The topological polar surface area (TPSA) is 58.6 Å². The van der Waals surface area contributed by atoms with Crippen LogP contribution >= 0.6 is 0 Å². The van der Waals surface area contributed by atoms with Crippen LogP contribution in [-0.2, 0) is 9.53 Å². The molecule has 1 saturated heterocycles. The summed E-state index contributed by atoms with van der Waals surface area (Å²) in [5.41, 5.74) is 0.174. The molecule has 1 fully saturated rings. The molecule has 5 heteroatoms. The van der Waals surface area contributed by atoms with Crippen LogP contribution in [0, 0.1) is 0 Å². The van der Waals surface area contributed by atoms with E-state index in [2.05, 4.69) is 5.32 Å². The van der Waals surface area contributed by atoms with Crippen LogP contribution in [0.1, 0.15) is 51.6 Å². The number of piperidine rings is 1. The maximum Gasteiger partial charge on any atom is 0.408 e. The Morgan fingerprint density at radius 3 is 2.26 bits per heavy atom. The molecule has 1 heterocycles. The van der Waals surface area contributed by atoms with E-state index in [0.717, 1.165) is 37.9 Å². The van der Waals surface area contributed by atoms with Crippen molar-refractivity contribution in [2.45, 2.75) is 51.7 Å². The lowest BCUT2D eigenvalue weighted by atomic mass is 10.0. The molecule has 1 N–H and O–H groups in total. The highest BCUT2D eigenvalue weighted by atomic mass is 16.6. The average molecular weight is 318 g/mol. The predicted molar refractivity (Wildman–Crippen MR) is 89.0 cm³/mol. The molecule has 1 atom stereocenters. The fourth-order valence-electron chi connectivity index (χ4n) is 2.66. The Morgan fingerprint density at radius 1 is 1.09 bits per heavy atom. The van der Waals surface area contributed by atoms with Crippen LogP contribution in [0.15, 0.2) is 30.3 Å². The summed E-state index contributed by atoms with van der Waals surface area (Å²) in [6.07, 6.45) is 2.61. The second-order valence-corrected chi connectivity index (χ2v) is 6.88. The third kappa shape index (κ3) is 5.27. The fourth-order valence-corrected chi connectivity index (χ4v) is 2.66. The van der Waals surface area contributed by atoms with Crippen LogP contribution in [0.4, 0.5) is 4.79 Å². The molecule has 0 unspecified atom stereocenters. The highest BCUT2D eigenvalue weighted by molar-refractivity contribution is 5.87. The van der Waals surface area contributed by atoms with Crippen molar-refractivity contribution in [3.63, 3.8) is 0 Å². The van der Waals surface area contributed by atoms with E-state index in [9.17, 15) is 9.59 Å². The van der Waals surface area contributed by atoms with Gasteiger partial charge in [-0.15, -0.1) is 0 Å². The highest BCUT2D eigenvalue weighted by Gasteiger charge is 2.29. The van der Waals surface area contributed by atoms with E-state index in [1.165, 1.54) is 0 Å². The summed E-state index contributed by atoms with van der Waals surface area (Å²) in [6.45, 7) is 6.90. The largest absolute Gasteiger partial charge is 0.444 e. The van der Waals surface area contributed by atoms with Gasteiger partial charge in [-0.05, 0) is 45.6 Å². The Balaban J connectivity index is 2.15. The zero-order chi connectivity index (χ0) is 16.9. The van der Waals surface area contributed by atoms with Gasteiger partial charge in [0.1, 0.15) is 11.6 Å². The molecule has 126 valence electrons. The van der Waals surface area contributed by atoms with Crippen molar-refractivity contribution in [1.29, 1.82) is 0 Å². The fraction of sp³-hybridized carbons (Fsp3) is 0.556. The molecular weight excluding hydrogens is 292 g/mol. The summed E-state index contributed by atoms with van der Waals surface area (Å²) in [5, 5.41) is 2.73. The van der Waals surface area contributed by atoms with Gasteiger partial charge in [-0.1, -0.05) is 30.3 Å². The minimum Gasteiger partial charge on any atom is -0.444 e. The summed E-state index contributed by atoms with van der Waals surface area (Å²) in [5.74, 6) is -0.0678. The smallest absolute Gasteiger partial charge is 0.408 e. The van der Waals surface area contributed by atoms with Crippen LogP contribution in [0.2, 0.25) is 0 Å². The van der Waals surface area contributed by atoms with Gasteiger partial charge in [0.2, 0.25) is 5.91 Å². The number of rotatable bonds is 3. The van der Waals surface area contributed by atoms with Gasteiger partial charge in [0, 0.05) is 13.1 Å². The lowest BCUT2D eigenvalue weighted by molar-refractivity contribution is -0.134. The number of benzene rings is 1. The maximum absolute atomic E-state index is 12.9. The van der Waals surface area contributed by atoms with Crippen LogP contribution in [0.3, 0.4) is 0 Å². The van der Waals surface area contributed by atoms with Crippen molar-refractivity contribution in [1.82, 2.24) is 10.2 Å². The SMILES string of the molecule is CC(C)(C)OC(=O)N[C@H](C(=O)N1CCCCC1)c1ccccc1. The number of ether oxygens (including phenoxy) is 1. The minimum absolute atomic E-state index is 0.0678. The summed E-state index contributed by atoms with van der Waals surface area (Å²) in [6, 6.07) is 8.61. The Morgan fingerprint density at radius 2 is 1.70 bits per heavy atom. The Kier molecular flexibility index (Phi) is 5.64. The molecule has 2 rings (SSSR count). The van der Waals surface area contributed by atoms with Crippen molar-refractivity contribution in [2.75, 3.05) is 13.1 Å². The van der Waals surface area contributed by atoms with Crippen molar-refractivity contribution in [2.24, 2.45) is 0 Å². The number of nitrogens with one attached hydrogen (secondary N) is 1. The second-order valence-electron chi connectivity index (χ2n) is 6.88. The molecule has 1 aromatic carbocycles. The van der Waals surface area contributed by atoms with Gasteiger partial charge < -0.3 is 15.0 Å². The standard InChI is InChI=1S/C18H26N2O3/c1-18(2,3)23-17(22)19-15(14-10-6-4-7-11-14)16(21)20-12-8-5-9-13-20/h4,6-7,10-11,15H,5,8-9,12-13H2,1-3H3,(H,19,22)/t15-/m0/s1. The van der Waals surface area contributed by atoms with Gasteiger partial charge in [0.25, 0.3) is 0 Å². The molecule has 0 saturated carbocycles. The van der Waals surface area contributed by atoms with Crippen molar-refractivity contribution in [3.05, 3.63) is 35.9 Å². The van der Waals surface area contributed by atoms with E-state index in [1.54, 1.807) is 20.8 Å². The van der Waals surface area contributed by atoms with E-state index < -0.39 is 17.7 Å². The second kappa shape index (κ2) is 7.49. The number of likely N-dealkylation sites (tertiary alicyclic amines) is 1. The summed E-state index contributed by atoms with van der Waals surface area (Å²) >= 11 is 0. The van der Waals surface area contributed by atoms with Crippen LogP contribution in [0.25, 0.3) is 0 Å². The molecule has 2 amide bonds. The summed E-state index contributed by atoms with van der Waals surface area (Å²) in [7, 11) is 0. The van der Waals surface area contributed by atoms with Gasteiger partial charge in [-0.25, -0.2) is 4.79 Å². The predicted octanol–water partition coefficient (Wildman–Crippen LogP) is 3.26. The normalized spacial score (nSPS) is 16.6. The number of carbonyl (C=O) groups is 2. The first-order chi connectivity index (χ1) is 10.9. The lowest BCUT2D eigenvalue weighted by Gasteiger charge is -2.31. The third-order valence-corrected chi connectivity index (χ3v) is 3.71. The van der Waals surface area contributed by atoms with E-state index in [1.807, 2.05) is 35.2 Å². The van der Waals surface area contributed by atoms with E-state index in [0.29, 0.717) is 0 Å². The Labute approximate surface area is 138 Å². The highest BCUT2D eigenvalue weighted by Crippen LogP contribution is 2.20. The number of alkyl carbamates (subject to hydrolysis) is 1. The first-order valence-corrected chi connectivity index (χ1v) is 8.20. The van der Waals surface area contributed by atoms with Crippen molar-refractivity contribution in [3.8, 4) is 0 Å². The molecule has 1 aliphatic heterocycles. The molecule has 23 heavy (non-hydrogen) atoms. The lowest BCUT2D eigenvalue weighted by Crippen LogP contribution is -2.46. The van der Waals surface area contributed by atoms with Gasteiger partial charge in [-0.3, -0.25) is 4.79 Å². The number of carbonyl (C=O) groups excluding carboxylic acids is 2. The van der Waals surface area contributed by atoms with E-state index in [4.69, 9.17) is 4.74 Å². The van der Waals surface area contributed by atoms with Gasteiger partial charge in [0.15, 0.2) is 0 Å². The molecule has 5 nitrogen and oxygen atoms in total. The molecule has 0 radical (unpaired) electrons. The zero-order valence-corrected chi connectivity index (χ0v) is 14.2. The minimum atomic E-state index is -0.704. The first-order valence-electron chi connectivity index (χ1n) is 8.20.